The third-order valence-electron chi connectivity index (χ3n) is 3.81. The molecule has 0 bridgehead atoms. The maximum Gasteiger partial charge on any atom is 0.323 e. The topological polar surface area (TPSA) is 46.5 Å². The first-order valence-electron chi connectivity index (χ1n) is 7.35. The van der Waals surface area contributed by atoms with Crippen LogP contribution in [0.1, 0.15) is 20.8 Å². The Balaban J connectivity index is 2.73. The van der Waals surface area contributed by atoms with Crippen LogP contribution in [0.3, 0.4) is 0 Å². The van der Waals surface area contributed by atoms with Crippen molar-refractivity contribution in [3.05, 3.63) is 60.7 Å². The van der Waals surface area contributed by atoms with Crippen LogP contribution in [0.15, 0.2) is 60.7 Å². The van der Waals surface area contributed by atoms with Crippen molar-refractivity contribution in [2.24, 2.45) is 0 Å². The first-order chi connectivity index (χ1) is 10.4. The highest BCUT2D eigenvalue weighted by atomic mass is 28.4. The summed E-state index contributed by atoms with van der Waals surface area (Å²) in [7, 11) is -2.84. The van der Waals surface area contributed by atoms with Crippen LogP contribution >= 0.6 is 0 Å². The Bertz CT molecular complexity index is 578. The predicted octanol–water partition coefficient (Wildman–Crippen LogP) is 2.08. The molecule has 2 aromatic rings. The third-order valence-corrected chi connectivity index (χ3v) is 8.75. The second-order valence-electron chi connectivity index (χ2n) is 6.30. The SMILES string of the molecule is CC(C)(C)[Si](OC(=O)CO)(c1ccccc1)c1ccccc1. The van der Waals surface area contributed by atoms with Crippen LogP contribution in [0.5, 0.6) is 0 Å². The van der Waals surface area contributed by atoms with Crippen LogP contribution < -0.4 is 10.4 Å². The molecule has 1 N–H and O–H groups in total. The van der Waals surface area contributed by atoms with E-state index in [2.05, 4.69) is 20.8 Å². The summed E-state index contributed by atoms with van der Waals surface area (Å²) in [6.07, 6.45) is 0. The molecule has 0 aromatic heterocycles. The lowest BCUT2D eigenvalue weighted by Gasteiger charge is -2.41. The number of benzene rings is 2. The molecule has 2 rings (SSSR count). The quantitative estimate of drug-likeness (QED) is 0.879. The van der Waals surface area contributed by atoms with Gasteiger partial charge in [-0.1, -0.05) is 81.4 Å². The van der Waals surface area contributed by atoms with E-state index in [1.54, 1.807) is 0 Å². The number of rotatable bonds is 4. The minimum Gasteiger partial charge on any atom is -0.508 e. The van der Waals surface area contributed by atoms with Crippen LogP contribution in [0.2, 0.25) is 5.04 Å². The molecule has 0 amide bonds. The van der Waals surface area contributed by atoms with E-state index in [9.17, 15) is 9.90 Å². The van der Waals surface area contributed by atoms with Gasteiger partial charge < -0.3 is 9.53 Å². The van der Waals surface area contributed by atoms with Crippen LogP contribution in [0.4, 0.5) is 0 Å². The maximum atomic E-state index is 12.0. The largest absolute Gasteiger partial charge is 0.508 e. The van der Waals surface area contributed by atoms with Gasteiger partial charge in [0.1, 0.15) is 6.61 Å². The normalized spacial score (nSPS) is 12.0. The van der Waals surface area contributed by atoms with Crippen molar-refractivity contribution in [1.82, 2.24) is 0 Å². The summed E-state index contributed by atoms with van der Waals surface area (Å²) >= 11 is 0. The van der Waals surface area contributed by atoms with Crippen molar-refractivity contribution in [3.63, 3.8) is 0 Å². The van der Waals surface area contributed by atoms with E-state index in [-0.39, 0.29) is 5.04 Å². The maximum absolute atomic E-state index is 12.0. The highest BCUT2D eigenvalue weighted by molar-refractivity contribution is 7.00. The Morgan fingerprint density at radius 3 is 1.68 bits per heavy atom. The van der Waals surface area contributed by atoms with Crippen molar-refractivity contribution in [2.75, 3.05) is 6.61 Å². The fourth-order valence-corrected chi connectivity index (χ4v) is 7.19. The van der Waals surface area contributed by atoms with E-state index in [0.29, 0.717) is 0 Å². The Kier molecular flexibility index (Phi) is 4.83. The lowest BCUT2D eigenvalue weighted by Crippen LogP contribution is -2.67. The predicted molar refractivity (Wildman–Crippen MR) is 90.8 cm³/mol. The summed E-state index contributed by atoms with van der Waals surface area (Å²) in [6.45, 7) is 5.65. The number of carbonyl (C=O) groups excluding carboxylic acids is 1. The standard InChI is InChI=1S/C18H22O3Si/c1-18(2,3)22(21-17(20)14-19,15-10-6-4-7-11-15)16-12-8-5-9-13-16/h4-13,19H,14H2,1-3H3. The van der Waals surface area contributed by atoms with Crippen LogP contribution in [-0.2, 0) is 9.22 Å². The molecule has 0 aliphatic carbocycles. The van der Waals surface area contributed by atoms with Crippen molar-refractivity contribution < 1.29 is 14.3 Å². The van der Waals surface area contributed by atoms with Gasteiger partial charge in [0.15, 0.2) is 0 Å². The van der Waals surface area contributed by atoms with Gasteiger partial charge in [-0.15, -0.1) is 0 Å². The molecule has 0 atom stereocenters. The molecule has 2 aromatic carbocycles. The minimum atomic E-state index is -2.84. The summed E-state index contributed by atoms with van der Waals surface area (Å²) in [5, 5.41) is 11.0. The van der Waals surface area contributed by atoms with Gasteiger partial charge in [-0.2, -0.15) is 0 Å². The highest BCUT2D eigenvalue weighted by Gasteiger charge is 2.52. The smallest absolute Gasteiger partial charge is 0.323 e. The molecule has 0 radical (unpaired) electrons. The van der Waals surface area contributed by atoms with E-state index >= 15 is 0 Å². The highest BCUT2D eigenvalue weighted by Crippen LogP contribution is 2.36. The molecule has 0 saturated carbocycles. The van der Waals surface area contributed by atoms with Gasteiger partial charge in [-0.05, 0) is 15.4 Å². The van der Waals surface area contributed by atoms with Gasteiger partial charge in [0, 0.05) is 0 Å². The minimum absolute atomic E-state index is 0.263. The van der Waals surface area contributed by atoms with Crippen LogP contribution in [0.25, 0.3) is 0 Å². The van der Waals surface area contributed by atoms with E-state index in [1.165, 1.54) is 0 Å². The molecule has 0 heterocycles. The Labute approximate surface area is 132 Å². The summed E-state index contributed by atoms with van der Waals surface area (Å²) in [5.74, 6) is -0.575. The molecular weight excluding hydrogens is 292 g/mol. The summed E-state index contributed by atoms with van der Waals surface area (Å²) < 4.78 is 5.97. The fourth-order valence-electron chi connectivity index (χ4n) is 2.85. The number of aliphatic hydroxyl groups excluding tert-OH is 1. The average molecular weight is 314 g/mol. The molecule has 0 unspecified atom stereocenters. The molecule has 0 saturated heterocycles. The molecule has 22 heavy (non-hydrogen) atoms. The zero-order valence-corrected chi connectivity index (χ0v) is 14.2. The van der Waals surface area contributed by atoms with Gasteiger partial charge >= 0.3 is 14.3 Å². The number of carbonyl (C=O) groups is 1. The molecule has 0 aliphatic rings. The van der Waals surface area contributed by atoms with Gasteiger partial charge in [-0.3, -0.25) is 4.79 Å². The third kappa shape index (κ3) is 2.98. The Hall–Kier alpha value is -1.91. The van der Waals surface area contributed by atoms with Gasteiger partial charge in [0.2, 0.25) is 0 Å². The number of aliphatic hydroxyl groups is 1. The summed E-state index contributed by atoms with van der Waals surface area (Å²) in [5.41, 5.74) is 0. The van der Waals surface area contributed by atoms with Gasteiger partial charge in [0.25, 0.3) is 0 Å². The van der Waals surface area contributed by atoms with Crippen molar-refractivity contribution >= 4 is 24.7 Å². The lowest BCUT2D eigenvalue weighted by atomic mass is 10.2. The zero-order chi connectivity index (χ0) is 16.2. The molecule has 0 spiro atoms. The second-order valence-corrected chi connectivity index (χ2v) is 10.5. The molecule has 116 valence electrons. The van der Waals surface area contributed by atoms with E-state index in [0.717, 1.165) is 10.4 Å². The number of hydrogen-bond donors (Lipinski definition) is 1. The van der Waals surface area contributed by atoms with E-state index < -0.39 is 20.9 Å². The first kappa shape index (κ1) is 16.5. The summed E-state index contributed by atoms with van der Waals surface area (Å²) in [6, 6.07) is 19.8. The van der Waals surface area contributed by atoms with Crippen molar-refractivity contribution in [1.29, 1.82) is 0 Å². The molecule has 0 aliphatic heterocycles. The van der Waals surface area contributed by atoms with Gasteiger partial charge in [0.05, 0.1) is 0 Å². The zero-order valence-electron chi connectivity index (χ0n) is 13.2. The molecular formula is C18H22O3Si. The lowest BCUT2D eigenvalue weighted by molar-refractivity contribution is -0.138. The van der Waals surface area contributed by atoms with E-state index in [1.807, 2.05) is 60.7 Å². The van der Waals surface area contributed by atoms with Crippen LogP contribution in [0, 0.1) is 0 Å². The second kappa shape index (κ2) is 6.46. The average Bonchev–Trinajstić information content (AvgIpc) is 2.52. The monoisotopic (exact) mass is 314 g/mol. The summed E-state index contributed by atoms with van der Waals surface area (Å²) in [4.78, 5) is 12.0. The first-order valence-corrected chi connectivity index (χ1v) is 9.26. The van der Waals surface area contributed by atoms with Gasteiger partial charge in [-0.25, -0.2) is 0 Å². The Morgan fingerprint density at radius 2 is 1.36 bits per heavy atom. The number of hydrogen-bond acceptors (Lipinski definition) is 3. The molecule has 3 nitrogen and oxygen atoms in total. The molecule has 0 fully saturated rings. The van der Waals surface area contributed by atoms with Crippen molar-refractivity contribution in [2.45, 2.75) is 25.8 Å². The molecule has 4 heteroatoms. The van der Waals surface area contributed by atoms with Crippen LogP contribution in [-0.4, -0.2) is 26.0 Å². The Morgan fingerprint density at radius 1 is 0.955 bits per heavy atom. The van der Waals surface area contributed by atoms with Crippen molar-refractivity contribution in [3.8, 4) is 0 Å². The van der Waals surface area contributed by atoms with E-state index in [4.69, 9.17) is 4.43 Å². The fraction of sp³-hybridized carbons (Fsp3) is 0.278.